The van der Waals surface area contributed by atoms with Crippen LogP contribution in [0.1, 0.15) is 46.0 Å². The predicted octanol–water partition coefficient (Wildman–Crippen LogP) is 5.56. The lowest BCUT2D eigenvalue weighted by Gasteiger charge is -2.38. The van der Waals surface area contributed by atoms with Crippen molar-refractivity contribution in [2.24, 2.45) is 5.92 Å². The van der Waals surface area contributed by atoms with Gasteiger partial charge in [-0.15, -0.1) is 0 Å². The Balaban J connectivity index is 1.49. The van der Waals surface area contributed by atoms with Gasteiger partial charge in [-0.3, -0.25) is 14.3 Å². The van der Waals surface area contributed by atoms with E-state index in [4.69, 9.17) is 37.4 Å². The molecule has 0 saturated carbocycles. The van der Waals surface area contributed by atoms with E-state index in [2.05, 4.69) is 10.0 Å². The minimum atomic E-state index is -4.61. The second kappa shape index (κ2) is 13.2. The molecule has 3 atom stereocenters. The molecule has 0 aromatic heterocycles. The number of carbonyl (C=O) groups excluding carboxylic acids is 3. The van der Waals surface area contributed by atoms with E-state index in [1.165, 1.54) is 24.3 Å². The molecule has 2 heterocycles. The van der Waals surface area contributed by atoms with Crippen molar-refractivity contribution in [1.82, 2.24) is 10.0 Å². The summed E-state index contributed by atoms with van der Waals surface area (Å²) in [6, 6.07) is 8.48. The average Bonchev–Trinajstić information content (AvgIpc) is 3.51. The van der Waals surface area contributed by atoms with Gasteiger partial charge in [0, 0.05) is 10.6 Å². The van der Waals surface area contributed by atoms with Crippen LogP contribution in [0.25, 0.3) is 0 Å². The van der Waals surface area contributed by atoms with Crippen LogP contribution >= 0.6 is 33.4 Å². The highest BCUT2D eigenvalue weighted by Crippen LogP contribution is 2.61. The number of hydrogen-bond acceptors (Lipinski definition) is 7. The van der Waals surface area contributed by atoms with Crippen LogP contribution in [0.3, 0.4) is 0 Å². The third kappa shape index (κ3) is 7.29. The van der Waals surface area contributed by atoms with Crippen LogP contribution in [0.2, 0.25) is 10.0 Å². The molecule has 2 aliphatic heterocycles. The standard InChI is InChI=1S/C27H29Cl2F3N2O6S/c1-2-38-26(37)21-23(39-10-11-40-25(36)19-9-8-18(28)15-20(19)29)34-41(12-3-4-13-41)24(21)33-22(35)16-6-5-7-17(14-16)27(30,31)32/h5-9,14-15,21,23-24,34H,2-4,10-13H2,1H3,(H,33,35). The van der Waals surface area contributed by atoms with Crippen molar-refractivity contribution >= 4 is 51.3 Å². The number of rotatable bonds is 9. The van der Waals surface area contributed by atoms with Crippen LogP contribution in [0.4, 0.5) is 13.2 Å². The molecule has 2 N–H and O–H groups in total. The van der Waals surface area contributed by atoms with Gasteiger partial charge >= 0.3 is 18.1 Å². The van der Waals surface area contributed by atoms with Gasteiger partial charge in [-0.2, -0.15) is 23.4 Å². The fourth-order valence-corrected chi connectivity index (χ4v) is 9.77. The monoisotopic (exact) mass is 636 g/mol. The van der Waals surface area contributed by atoms with Gasteiger partial charge in [0.25, 0.3) is 5.91 Å². The SMILES string of the molecule is CCOC(=O)C1C(OCCOC(=O)c2ccc(Cl)cc2Cl)NS2(CCCC2)C1NC(=O)c1cccc(C(F)(F)F)c1. The number of esters is 2. The fourth-order valence-electron chi connectivity index (χ4n) is 4.93. The first kappa shape index (κ1) is 31.4. The highest BCUT2D eigenvalue weighted by molar-refractivity contribution is 8.33. The molecule has 0 aliphatic carbocycles. The lowest BCUT2D eigenvalue weighted by Crippen LogP contribution is -2.46. The van der Waals surface area contributed by atoms with Gasteiger partial charge in [0.1, 0.15) is 18.8 Å². The summed E-state index contributed by atoms with van der Waals surface area (Å²) in [4.78, 5) is 38.8. The quantitative estimate of drug-likeness (QED) is 0.274. The van der Waals surface area contributed by atoms with Crippen LogP contribution in [0.15, 0.2) is 42.5 Å². The highest BCUT2D eigenvalue weighted by Gasteiger charge is 2.55. The minimum absolute atomic E-state index is 0.0815. The van der Waals surface area contributed by atoms with Crippen LogP contribution in [0.5, 0.6) is 0 Å². The zero-order valence-electron chi connectivity index (χ0n) is 22.0. The first-order valence-electron chi connectivity index (χ1n) is 12.9. The van der Waals surface area contributed by atoms with Crippen LogP contribution in [-0.4, -0.2) is 60.8 Å². The van der Waals surface area contributed by atoms with Crippen molar-refractivity contribution in [2.45, 2.75) is 37.5 Å². The van der Waals surface area contributed by atoms with E-state index in [1.54, 1.807) is 6.92 Å². The third-order valence-electron chi connectivity index (χ3n) is 6.81. The molecule has 2 fully saturated rings. The number of amides is 1. The molecule has 41 heavy (non-hydrogen) atoms. The largest absolute Gasteiger partial charge is 0.466 e. The summed E-state index contributed by atoms with van der Waals surface area (Å²) in [6.07, 6.45) is -3.80. The van der Waals surface area contributed by atoms with Gasteiger partial charge < -0.3 is 19.5 Å². The second-order valence-electron chi connectivity index (χ2n) is 9.48. The molecule has 2 aromatic carbocycles. The van der Waals surface area contributed by atoms with Gasteiger partial charge in [-0.1, -0.05) is 29.3 Å². The molecule has 0 radical (unpaired) electrons. The number of halogens is 5. The molecule has 0 bridgehead atoms. The van der Waals surface area contributed by atoms with E-state index < -0.39 is 57.3 Å². The summed E-state index contributed by atoms with van der Waals surface area (Å²) in [5.41, 5.74) is -0.992. The Kier molecular flexibility index (Phi) is 10.1. The van der Waals surface area contributed by atoms with Crippen molar-refractivity contribution in [3.05, 3.63) is 69.2 Å². The lowest BCUT2D eigenvalue weighted by atomic mass is 10.1. The van der Waals surface area contributed by atoms with E-state index in [0.717, 1.165) is 31.0 Å². The molecule has 1 amide bonds. The lowest BCUT2D eigenvalue weighted by molar-refractivity contribution is -0.154. The molecule has 3 unspecified atom stereocenters. The van der Waals surface area contributed by atoms with E-state index in [0.29, 0.717) is 16.5 Å². The Morgan fingerprint density at radius 1 is 1.05 bits per heavy atom. The zero-order valence-corrected chi connectivity index (χ0v) is 24.3. The normalized spacial score (nSPS) is 22.3. The van der Waals surface area contributed by atoms with Crippen molar-refractivity contribution < 1.29 is 41.8 Å². The summed E-state index contributed by atoms with van der Waals surface area (Å²) in [5.74, 6) is -1.63. The molecule has 2 aromatic rings. The Morgan fingerprint density at radius 2 is 1.78 bits per heavy atom. The number of benzene rings is 2. The number of nitrogens with one attached hydrogen (secondary N) is 2. The summed E-state index contributed by atoms with van der Waals surface area (Å²) < 4.78 is 59.7. The van der Waals surface area contributed by atoms with Gasteiger partial charge in [0.15, 0.2) is 0 Å². The maximum atomic E-state index is 13.3. The molecule has 14 heteroatoms. The number of alkyl halides is 3. The topological polar surface area (TPSA) is 103 Å². The Labute approximate surface area is 246 Å². The molecule has 1 spiro atoms. The Hall–Kier alpha value is -2.51. The first-order chi connectivity index (χ1) is 19.4. The zero-order chi connectivity index (χ0) is 29.8. The predicted molar refractivity (Wildman–Crippen MR) is 149 cm³/mol. The molecule has 4 rings (SSSR count). The molecule has 224 valence electrons. The van der Waals surface area contributed by atoms with Crippen molar-refractivity contribution in [3.8, 4) is 0 Å². The first-order valence-corrected chi connectivity index (χ1v) is 15.7. The van der Waals surface area contributed by atoms with Crippen molar-refractivity contribution in [2.75, 3.05) is 31.3 Å². The van der Waals surface area contributed by atoms with Crippen LogP contribution in [-0.2, 0) is 25.2 Å². The number of ether oxygens (including phenoxy) is 3. The van der Waals surface area contributed by atoms with Crippen molar-refractivity contribution in [3.63, 3.8) is 0 Å². The molecule has 8 nitrogen and oxygen atoms in total. The van der Waals surface area contributed by atoms with E-state index in [-0.39, 0.29) is 36.0 Å². The maximum absolute atomic E-state index is 13.3. The minimum Gasteiger partial charge on any atom is -0.466 e. The van der Waals surface area contributed by atoms with Crippen LogP contribution in [0, 0.1) is 5.92 Å². The van der Waals surface area contributed by atoms with E-state index >= 15 is 0 Å². The average molecular weight is 638 g/mol. The fraction of sp³-hybridized carbons (Fsp3) is 0.444. The number of hydrogen-bond donors (Lipinski definition) is 2. The van der Waals surface area contributed by atoms with E-state index in [1.807, 2.05) is 0 Å². The summed E-state index contributed by atoms with van der Waals surface area (Å²) in [7, 11) is -1.84. The van der Waals surface area contributed by atoms with Gasteiger partial charge in [0.2, 0.25) is 0 Å². The summed E-state index contributed by atoms with van der Waals surface area (Å²) in [5, 5.41) is 2.60. The van der Waals surface area contributed by atoms with Gasteiger partial charge in [-0.25, -0.2) is 4.79 Å². The second-order valence-corrected chi connectivity index (χ2v) is 13.8. The molecule has 2 saturated heterocycles. The summed E-state index contributed by atoms with van der Waals surface area (Å²) >= 11 is 11.9. The summed E-state index contributed by atoms with van der Waals surface area (Å²) in [6.45, 7) is 1.48. The van der Waals surface area contributed by atoms with E-state index in [9.17, 15) is 27.6 Å². The van der Waals surface area contributed by atoms with Crippen LogP contribution < -0.4 is 10.0 Å². The number of carbonyl (C=O) groups is 3. The smallest absolute Gasteiger partial charge is 0.416 e. The molecule has 2 aliphatic rings. The maximum Gasteiger partial charge on any atom is 0.416 e. The molecular formula is C27H29Cl2F3N2O6S. The Bertz CT molecular complexity index is 1290. The highest BCUT2D eigenvalue weighted by atomic mass is 35.5. The Morgan fingerprint density at radius 3 is 2.44 bits per heavy atom. The van der Waals surface area contributed by atoms with Gasteiger partial charge in [0.05, 0.1) is 34.7 Å². The van der Waals surface area contributed by atoms with Crippen molar-refractivity contribution in [1.29, 1.82) is 0 Å². The van der Waals surface area contributed by atoms with Gasteiger partial charge in [-0.05, 0) is 67.7 Å². The molecular weight excluding hydrogens is 608 g/mol. The third-order valence-corrected chi connectivity index (χ3v) is 11.5.